The molecule has 0 aliphatic heterocycles. The van der Waals surface area contributed by atoms with Gasteiger partial charge in [-0.2, -0.15) is 11.8 Å². The van der Waals surface area contributed by atoms with E-state index in [1.807, 2.05) is 39.5 Å². The second-order valence-corrected chi connectivity index (χ2v) is 6.65. The van der Waals surface area contributed by atoms with E-state index in [1.54, 1.807) is 0 Å². The van der Waals surface area contributed by atoms with Gasteiger partial charge in [-0.1, -0.05) is 0 Å². The maximum atomic E-state index is 11.4. The van der Waals surface area contributed by atoms with Crippen LogP contribution in [0.1, 0.15) is 40.5 Å². The van der Waals surface area contributed by atoms with Gasteiger partial charge in [0.2, 0.25) is 0 Å². The van der Waals surface area contributed by atoms with Gasteiger partial charge in [-0.3, -0.25) is 0 Å². The number of nitrogens with one attached hydrogen (secondary N) is 1. The zero-order valence-electron chi connectivity index (χ0n) is 10.7. The standard InChI is InChI=1S/C12H23NO2S/c1-9(7-16-8-10-5-6-10)15-11(14)13-12(2,3)4/h9-10H,5-8H2,1-4H3,(H,13,14)/t9-/m1/s1. The zero-order chi connectivity index (χ0) is 12.2. The van der Waals surface area contributed by atoms with Crippen LogP contribution in [0.25, 0.3) is 0 Å². The van der Waals surface area contributed by atoms with E-state index in [2.05, 4.69) is 5.32 Å². The SMILES string of the molecule is C[C@H](CSCC1CC1)OC(=O)NC(C)(C)C. The van der Waals surface area contributed by atoms with E-state index in [1.165, 1.54) is 18.6 Å². The maximum Gasteiger partial charge on any atom is 0.407 e. The van der Waals surface area contributed by atoms with Crippen molar-refractivity contribution in [1.29, 1.82) is 0 Å². The van der Waals surface area contributed by atoms with E-state index in [4.69, 9.17) is 4.74 Å². The third kappa shape index (κ3) is 6.99. The Balaban J connectivity index is 2.07. The van der Waals surface area contributed by atoms with Crippen molar-refractivity contribution in [2.24, 2.45) is 5.92 Å². The van der Waals surface area contributed by atoms with Crippen molar-refractivity contribution in [2.75, 3.05) is 11.5 Å². The minimum absolute atomic E-state index is 0.00824. The van der Waals surface area contributed by atoms with E-state index in [9.17, 15) is 4.79 Å². The van der Waals surface area contributed by atoms with Crippen LogP contribution < -0.4 is 5.32 Å². The molecule has 0 radical (unpaired) electrons. The summed E-state index contributed by atoms with van der Waals surface area (Å²) in [6.07, 6.45) is 2.44. The molecule has 1 N–H and O–H groups in total. The van der Waals surface area contributed by atoms with Crippen LogP contribution in [-0.4, -0.2) is 29.2 Å². The molecule has 1 aliphatic carbocycles. The highest BCUT2D eigenvalue weighted by molar-refractivity contribution is 7.99. The van der Waals surface area contributed by atoms with Crippen molar-refractivity contribution in [1.82, 2.24) is 5.32 Å². The highest BCUT2D eigenvalue weighted by Gasteiger charge is 2.22. The van der Waals surface area contributed by atoms with Gasteiger partial charge < -0.3 is 10.1 Å². The third-order valence-corrected chi connectivity index (χ3v) is 3.60. The summed E-state index contributed by atoms with van der Waals surface area (Å²) in [5.74, 6) is 3.04. The summed E-state index contributed by atoms with van der Waals surface area (Å²) in [7, 11) is 0. The quantitative estimate of drug-likeness (QED) is 0.809. The van der Waals surface area contributed by atoms with Gasteiger partial charge in [0.15, 0.2) is 0 Å². The van der Waals surface area contributed by atoms with Crippen LogP contribution in [0.15, 0.2) is 0 Å². The zero-order valence-corrected chi connectivity index (χ0v) is 11.5. The lowest BCUT2D eigenvalue weighted by atomic mass is 10.1. The van der Waals surface area contributed by atoms with Crippen LogP contribution in [-0.2, 0) is 4.74 Å². The van der Waals surface area contributed by atoms with Gasteiger partial charge >= 0.3 is 6.09 Å². The third-order valence-electron chi connectivity index (χ3n) is 2.19. The number of hydrogen-bond donors (Lipinski definition) is 1. The summed E-state index contributed by atoms with van der Waals surface area (Å²) in [6.45, 7) is 7.78. The molecular formula is C12H23NO2S. The second kappa shape index (κ2) is 5.80. The summed E-state index contributed by atoms with van der Waals surface area (Å²) in [5.41, 5.74) is -0.224. The largest absolute Gasteiger partial charge is 0.446 e. The molecule has 4 heteroatoms. The van der Waals surface area contributed by atoms with E-state index in [-0.39, 0.29) is 17.7 Å². The first-order chi connectivity index (χ1) is 7.37. The summed E-state index contributed by atoms with van der Waals surface area (Å²) < 4.78 is 5.26. The van der Waals surface area contributed by atoms with Crippen LogP contribution in [0.2, 0.25) is 0 Å². The Bertz CT molecular complexity index is 234. The van der Waals surface area contributed by atoms with Crippen LogP contribution >= 0.6 is 11.8 Å². The molecule has 0 aromatic heterocycles. The van der Waals surface area contributed by atoms with Crippen molar-refractivity contribution in [3.05, 3.63) is 0 Å². The molecule has 0 aromatic rings. The Kier molecular flexibility index (Phi) is 4.96. The van der Waals surface area contributed by atoms with Crippen LogP contribution in [0.3, 0.4) is 0 Å². The number of amides is 1. The summed E-state index contributed by atoms with van der Waals surface area (Å²) >= 11 is 1.89. The predicted octanol–water partition coefficient (Wildman–Crippen LogP) is 3.04. The van der Waals surface area contributed by atoms with Crippen molar-refractivity contribution in [2.45, 2.75) is 52.2 Å². The molecule has 16 heavy (non-hydrogen) atoms. The Morgan fingerprint density at radius 3 is 2.62 bits per heavy atom. The van der Waals surface area contributed by atoms with Gasteiger partial charge in [-0.05, 0) is 52.2 Å². The first-order valence-corrected chi connectivity index (χ1v) is 7.09. The molecule has 94 valence electrons. The minimum Gasteiger partial charge on any atom is -0.446 e. The van der Waals surface area contributed by atoms with Crippen molar-refractivity contribution in [3.63, 3.8) is 0 Å². The molecule has 0 bridgehead atoms. The summed E-state index contributed by atoms with van der Waals surface area (Å²) in [5, 5.41) is 2.79. The summed E-state index contributed by atoms with van der Waals surface area (Å²) in [4.78, 5) is 11.4. The molecule has 1 amide bonds. The fourth-order valence-corrected chi connectivity index (χ4v) is 2.44. The van der Waals surface area contributed by atoms with E-state index >= 15 is 0 Å². The number of carbonyl (C=O) groups excluding carboxylic acids is 1. The lowest BCUT2D eigenvalue weighted by Crippen LogP contribution is -2.42. The molecule has 1 fully saturated rings. The molecule has 0 unspecified atom stereocenters. The average Bonchev–Trinajstić information content (AvgIpc) is 2.83. The predicted molar refractivity (Wildman–Crippen MR) is 68.9 cm³/mol. The Morgan fingerprint density at radius 2 is 2.12 bits per heavy atom. The topological polar surface area (TPSA) is 38.3 Å². The van der Waals surface area contributed by atoms with Gasteiger partial charge in [0.1, 0.15) is 6.10 Å². The van der Waals surface area contributed by atoms with Crippen molar-refractivity contribution in [3.8, 4) is 0 Å². The van der Waals surface area contributed by atoms with Gasteiger partial charge in [0, 0.05) is 11.3 Å². The fourth-order valence-electron chi connectivity index (χ4n) is 1.24. The maximum absolute atomic E-state index is 11.4. The molecule has 1 saturated carbocycles. The number of rotatable bonds is 5. The summed E-state index contributed by atoms with van der Waals surface area (Å²) in [6, 6.07) is 0. The molecule has 3 nitrogen and oxygen atoms in total. The molecule has 1 rings (SSSR count). The smallest absolute Gasteiger partial charge is 0.407 e. The van der Waals surface area contributed by atoms with Gasteiger partial charge in [0.05, 0.1) is 0 Å². The number of carbonyl (C=O) groups is 1. The van der Waals surface area contributed by atoms with E-state index in [0.29, 0.717) is 0 Å². The number of hydrogen-bond acceptors (Lipinski definition) is 3. The Morgan fingerprint density at radius 1 is 1.50 bits per heavy atom. The first-order valence-electron chi connectivity index (χ1n) is 5.93. The molecule has 0 spiro atoms. The molecule has 0 heterocycles. The van der Waals surface area contributed by atoms with Crippen LogP contribution in [0.5, 0.6) is 0 Å². The normalized spacial score (nSPS) is 18.0. The second-order valence-electron chi connectivity index (χ2n) is 5.57. The fraction of sp³-hybridized carbons (Fsp3) is 0.917. The molecule has 1 atom stereocenters. The Labute approximate surface area is 103 Å². The first kappa shape index (κ1) is 13.7. The van der Waals surface area contributed by atoms with Crippen LogP contribution in [0.4, 0.5) is 4.79 Å². The molecule has 1 aliphatic rings. The molecular weight excluding hydrogens is 222 g/mol. The Hall–Kier alpha value is -0.380. The van der Waals surface area contributed by atoms with E-state index < -0.39 is 0 Å². The average molecular weight is 245 g/mol. The number of thioether (sulfide) groups is 1. The monoisotopic (exact) mass is 245 g/mol. The van der Waals surface area contributed by atoms with Crippen molar-refractivity contribution >= 4 is 17.9 Å². The number of ether oxygens (including phenoxy) is 1. The van der Waals surface area contributed by atoms with Gasteiger partial charge in [-0.15, -0.1) is 0 Å². The highest BCUT2D eigenvalue weighted by Crippen LogP contribution is 2.32. The van der Waals surface area contributed by atoms with E-state index in [0.717, 1.165) is 11.7 Å². The van der Waals surface area contributed by atoms with Gasteiger partial charge in [-0.25, -0.2) is 4.79 Å². The molecule has 0 aromatic carbocycles. The van der Waals surface area contributed by atoms with Gasteiger partial charge in [0.25, 0.3) is 0 Å². The lowest BCUT2D eigenvalue weighted by molar-refractivity contribution is 0.110. The highest BCUT2D eigenvalue weighted by atomic mass is 32.2. The lowest BCUT2D eigenvalue weighted by Gasteiger charge is -2.22. The minimum atomic E-state index is -0.313. The number of alkyl carbamates (subject to hydrolysis) is 1. The van der Waals surface area contributed by atoms with Crippen LogP contribution in [0, 0.1) is 5.92 Å². The molecule has 0 saturated heterocycles. The van der Waals surface area contributed by atoms with Crippen molar-refractivity contribution < 1.29 is 9.53 Å².